The molecule has 3 aromatic rings. The fourth-order valence-corrected chi connectivity index (χ4v) is 4.02. The lowest BCUT2D eigenvalue weighted by atomic mass is 10.1. The molecule has 1 heterocycles. The molecule has 1 aliphatic rings. The van der Waals surface area contributed by atoms with Crippen LogP contribution >= 0.6 is 0 Å². The normalized spacial score (nSPS) is 15.0. The number of para-hydroxylation sites is 1. The number of nitrogens with one attached hydrogen (secondary N) is 2. The number of hydrogen-bond donors (Lipinski definition) is 2. The molecule has 1 atom stereocenters. The predicted molar refractivity (Wildman–Crippen MR) is 133 cm³/mol. The summed E-state index contributed by atoms with van der Waals surface area (Å²) in [7, 11) is 3.07. The second kappa shape index (κ2) is 10.7. The van der Waals surface area contributed by atoms with Crippen LogP contribution in [0.25, 0.3) is 0 Å². The van der Waals surface area contributed by atoms with Gasteiger partial charge >= 0.3 is 0 Å². The van der Waals surface area contributed by atoms with Gasteiger partial charge in [-0.3, -0.25) is 14.4 Å². The molecule has 0 bridgehead atoms. The van der Waals surface area contributed by atoms with E-state index in [1.54, 1.807) is 54.5 Å². The SMILES string of the molecule is COc1ccc(N2C[C@@H](C(=O)Nc3ccccc3C(=O)NCc3ccccc3)CC2=O)c(OC)c1. The van der Waals surface area contributed by atoms with Crippen molar-refractivity contribution < 1.29 is 23.9 Å². The van der Waals surface area contributed by atoms with Gasteiger partial charge in [0.2, 0.25) is 11.8 Å². The summed E-state index contributed by atoms with van der Waals surface area (Å²) in [6, 6.07) is 21.6. The second-order valence-corrected chi connectivity index (χ2v) is 8.15. The molecule has 0 radical (unpaired) electrons. The number of rotatable bonds is 8. The first kappa shape index (κ1) is 23.8. The van der Waals surface area contributed by atoms with Gasteiger partial charge in [0, 0.05) is 25.6 Å². The fourth-order valence-electron chi connectivity index (χ4n) is 4.02. The maximum Gasteiger partial charge on any atom is 0.253 e. The van der Waals surface area contributed by atoms with Crippen molar-refractivity contribution in [3.8, 4) is 11.5 Å². The van der Waals surface area contributed by atoms with Crippen molar-refractivity contribution in [2.24, 2.45) is 5.92 Å². The Balaban J connectivity index is 1.44. The largest absolute Gasteiger partial charge is 0.497 e. The number of carbonyl (C=O) groups excluding carboxylic acids is 3. The molecule has 1 fully saturated rings. The van der Waals surface area contributed by atoms with Gasteiger partial charge in [0.15, 0.2) is 0 Å². The van der Waals surface area contributed by atoms with Crippen LogP contribution in [0, 0.1) is 5.92 Å². The lowest BCUT2D eigenvalue weighted by Gasteiger charge is -2.20. The monoisotopic (exact) mass is 473 g/mol. The summed E-state index contributed by atoms with van der Waals surface area (Å²) in [6.45, 7) is 0.577. The van der Waals surface area contributed by atoms with E-state index in [0.29, 0.717) is 35.0 Å². The lowest BCUT2D eigenvalue weighted by Crippen LogP contribution is -2.29. The summed E-state index contributed by atoms with van der Waals surface area (Å²) in [5.74, 6) is -0.279. The first-order valence-electron chi connectivity index (χ1n) is 11.2. The Labute approximate surface area is 203 Å². The van der Waals surface area contributed by atoms with Crippen molar-refractivity contribution in [2.45, 2.75) is 13.0 Å². The fraction of sp³-hybridized carbons (Fsp3) is 0.222. The van der Waals surface area contributed by atoms with E-state index in [1.165, 1.54) is 7.11 Å². The van der Waals surface area contributed by atoms with Gasteiger partial charge in [-0.1, -0.05) is 42.5 Å². The average Bonchev–Trinajstić information content (AvgIpc) is 3.29. The molecule has 3 amide bonds. The molecule has 0 aromatic heterocycles. The van der Waals surface area contributed by atoms with Crippen molar-refractivity contribution in [3.05, 3.63) is 83.9 Å². The van der Waals surface area contributed by atoms with Crippen LogP contribution in [0.5, 0.6) is 11.5 Å². The summed E-state index contributed by atoms with van der Waals surface area (Å²) < 4.78 is 10.6. The third-order valence-corrected chi connectivity index (χ3v) is 5.90. The maximum absolute atomic E-state index is 13.1. The molecule has 4 rings (SSSR count). The number of benzene rings is 3. The Morgan fingerprint density at radius 2 is 1.71 bits per heavy atom. The van der Waals surface area contributed by atoms with Crippen molar-refractivity contribution in [1.29, 1.82) is 0 Å². The minimum absolute atomic E-state index is 0.0589. The summed E-state index contributed by atoms with van der Waals surface area (Å²) in [4.78, 5) is 40.2. The molecule has 8 heteroatoms. The number of anilines is 2. The topological polar surface area (TPSA) is 97.0 Å². The molecule has 1 aliphatic heterocycles. The Hall–Kier alpha value is -4.33. The van der Waals surface area contributed by atoms with Crippen LogP contribution in [0.2, 0.25) is 0 Å². The van der Waals surface area contributed by atoms with Gasteiger partial charge < -0.3 is 25.0 Å². The number of ether oxygens (including phenoxy) is 2. The van der Waals surface area contributed by atoms with E-state index in [9.17, 15) is 14.4 Å². The summed E-state index contributed by atoms with van der Waals surface area (Å²) in [5.41, 5.74) is 2.31. The second-order valence-electron chi connectivity index (χ2n) is 8.15. The van der Waals surface area contributed by atoms with Crippen molar-refractivity contribution in [3.63, 3.8) is 0 Å². The summed E-state index contributed by atoms with van der Waals surface area (Å²) >= 11 is 0. The van der Waals surface area contributed by atoms with Crippen LogP contribution in [0.3, 0.4) is 0 Å². The third-order valence-electron chi connectivity index (χ3n) is 5.90. The molecule has 0 saturated carbocycles. The van der Waals surface area contributed by atoms with E-state index in [1.807, 2.05) is 30.3 Å². The van der Waals surface area contributed by atoms with Gasteiger partial charge in [-0.25, -0.2) is 0 Å². The van der Waals surface area contributed by atoms with E-state index >= 15 is 0 Å². The Morgan fingerprint density at radius 1 is 0.971 bits per heavy atom. The van der Waals surface area contributed by atoms with E-state index in [2.05, 4.69) is 10.6 Å². The zero-order valence-electron chi connectivity index (χ0n) is 19.6. The quantitative estimate of drug-likeness (QED) is 0.521. The molecule has 180 valence electrons. The number of methoxy groups -OCH3 is 2. The van der Waals surface area contributed by atoms with Crippen LogP contribution in [-0.2, 0) is 16.1 Å². The summed E-state index contributed by atoms with van der Waals surface area (Å²) in [6.07, 6.45) is 0.0589. The Bertz CT molecular complexity index is 1230. The van der Waals surface area contributed by atoms with Gasteiger partial charge in [0.1, 0.15) is 11.5 Å². The van der Waals surface area contributed by atoms with Crippen molar-refractivity contribution >= 4 is 29.1 Å². The van der Waals surface area contributed by atoms with Gasteiger partial charge in [-0.15, -0.1) is 0 Å². The molecule has 3 aromatic carbocycles. The van der Waals surface area contributed by atoms with E-state index in [0.717, 1.165) is 5.56 Å². The zero-order valence-corrected chi connectivity index (χ0v) is 19.6. The molecule has 35 heavy (non-hydrogen) atoms. The van der Waals surface area contributed by atoms with Crippen LogP contribution in [0.4, 0.5) is 11.4 Å². The molecule has 0 aliphatic carbocycles. The standard InChI is InChI=1S/C27H27N3O5/c1-34-20-12-13-23(24(15-20)35-2)30-17-19(14-25(30)31)26(32)29-22-11-7-6-10-21(22)27(33)28-16-18-8-4-3-5-9-18/h3-13,15,19H,14,16-17H2,1-2H3,(H,28,33)(H,29,32)/t19-/m0/s1. The highest BCUT2D eigenvalue weighted by Crippen LogP contribution is 2.36. The van der Waals surface area contributed by atoms with Crippen molar-refractivity contribution in [1.82, 2.24) is 5.32 Å². The number of hydrogen-bond acceptors (Lipinski definition) is 5. The first-order valence-corrected chi connectivity index (χ1v) is 11.2. The van der Waals surface area contributed by atoms with Crippen molar-refractivity contribution in [2.75, 3.05) is 31.0 Å². The minimum Gasteiger partial charge on any atom is -0.497 e. The average molecular weight is 474 g/mol. The first-order chi connectivity index (χ1) is 17.0. The van der Waals surface area contributed by atoms with Crippen LogP contribution in [0.15, 0.2) is 72.8 Å². The zero-order chi connectivity index (χ0) is 24.8. The highest BCUT2D eigenvalue weighted by molar-refractivity contribution is 6.07. The Morgan fingerprint density at radius 3 is 2.46 bits per heavy atom. The summed E-state index contributed by atoms with van der Waals surface area (Å²) in [5, 5.41) is 5.72. The van der Waals surface area contributed by atoms with Crippen LogP contribution in [0.1, 0.15) is 22.3 Å². The minimum atomic E-state index is -0.574. The van der Waals surface area contributed by atoms with Crippen LogP contribution in [-0.4, -0.2) is 38.5 Å². The molecular weight excluding hydrogens is 446 g/mol. The van der Waals surface area contributed by atoms with Crippen LogP contribution < -0.4 is 25.0 Å². The van der Waals surface area contributed by atoms with Gasteiger partial charge in [-0.2, -0.15) is 0 Å². The van der Waals surface area contributed by atoms with E-state index in [-0.39, 0.29) is 30.7 Å². The number of amides is 3. The molecular formula is C27H27N3O5. The predicted octanol–water partition coefficient (Wildman–Crippen LogP) is 3.63. The molecule has 2 N–H and O–H groups in total. The highest BCUT2D eigenvalue weighted by Gasteiger charge is 2.36. The molecule has 0 unspecified atom stereocenters. The van der Waals surface area contributed by atoms with E-state index < -0.39 is 5.92 Å². The number of nitrogens with zero attached hydrogens (tertiary/aromatic N) is 1. The molecule has 8 nitrogen and oxygen atoms in total. The smallest absolute Gasteiger partial charge is 0.253 e. The maximum atomic E-state index is 13.1. The third kappa shape index (κ3) is 5.43. The van der Waals surface area contributed by atoms with Gasteiger partial charge in [-0.05, 0) is 29.8 Å². The Kier molecular flexibility index (Phi) is 7.30. The molecule has 1 saturated heterocycles. The molecule has 0 spiro atoms. The highest BCUT2D eigenvalue weighted by atomic mass is 16.5. The van der Waals surface area contributed by atoms with Gasteiger partial charge in [0.25, 0.3) is 5.91 Å². The lowest BCUT2D eigenvalue weighted by molar-refractivity contribution is -0.122. The number of carbonyl (C=O) groups is 3. The van der Waals surface area contributed by atoms with Gasteiger partial charge in [0.05, 0.1) is 37.1 Å². The van der Waals surface area contributed by atoms with E-state index in [4.69, 9.17) is 9.47 Å².